The van der Waals surface area contributed by atoms with E-state index in [1.165, 1.54) is 14.2 Å². The summed E-state index contributed by atoms with van der Waals surface area (Å²) in [6, 6.07) is 3.97. The van der Waals surface area contributed by atoms with Gasteiger partial charge in [-0.15, -0.1) is 0 Å². The van der Waals surface area contributed by atoms with E-state index in [-0.39, 0.29) is 39.5 Å². The molecular formula is C20H22ClF3N2O5S. The third-order valence-electron chi connectivity index (χ3n) is 5.10. The fraction of sp³-hybridized carbons (Fsp3) is 0.400. The lowest BCUT2D eigenvalue weighted by Gasteiger charge is -2.22. The van der Waals surface area contributed by atoms with Gasteiger partial charge in [0.1, 0.15) is 16.7 Å². The molecular weight excluding hydrogens is 473 g/mol. The van der Waals surface area contributed by atoms with Crippen molar-refractivity contribution < 1.29 is 35.8 Å². The monoisotopic (exact) mass is 494 g/mol. The second-order valence-electron chi connectivity index (χ2n) is 7.34. The lowest BCUT2D eigenvalue weighted by atomic mass is 10.00. The van der Waals surface area contributed by atoms with Crippen LogP contribution in [0.2, 0.25) is 5.02 Å². The van der Waals surface area contributed by atoms with Gasteiger partial charge in [-0.2, -0.15) is 13.2 Å². The molecule has 0 spiro atoms. The topological polar surface area (TPSA) is 91.1 Å². The molecule has 0 radical (unpaired) electrons. The number of benzene rings is 2. The van der Waals surface area contributed by atoms with Gasteiger partial charge in [-0.05, 0) is 31.7 Å². The number of hydrogen-bond donors (Lipinski definition) is 1. The van der Waals surface area contributed by atoms with Crippen LogP contribution in [-0.4, -0.2) is 53.8 Å². The number of nitrogens with zero attached hydrogens (tertiary/aromatic N) is 1. The summed E-state index contributed by atoms with van der Waals surface area (Å²) in [6.45, 7) is 1.23. The number of likely N-dealkylation sites (tertiary alicyclic amines) is 1. The molecule has 2 N–H and O–H groups in total. The predicted octanol–water partition coefficient (Wildman–Crippen LogP) is 3.77. The Kier molecular flexibility index (Phi) is 6.85. The van der Waals surface area contributed by atoms with Crippen LogP contribution in [0.4, 0.5) is 13.2 Å². The van der Waals surface area contributed by atoms with E-state index in [0.717, 1.165) is 30.8 Å². The van der Waals surface area contributed by atoms with Gasteiger partial charge in [0.15, 0.2) is 11.5 Å². The first-order chi connectivity index (χ1) is 14.9. The molecule has 0 unspecified atom stereocenters. The van der Waals surface area contributed by atoms with Crippen LogP contribution in [-0.2, 0) is 16.2 Å². The first-order valence-electron chi connectivity index (χ1n) is 9.41. The van der Waals surface area contributed by atoms with Crippen molar-refractivity contribution in [2.45, 2.75) is 23.6 Å². The van der Waals surface area contributed by atoms with Crippen LogP contribution in [0.1, 0.15) is 12.0 Å². The fourth-order valence-corrected chi connectivity index (χ4v) is 4.76. The Morgan fingerprint density at radius 1 is 1.16 bits per heavy atom. The Hall–Kier alpha value is -2.21. The van der Waals surface area contributed by atoms with E-state index < -0.39 is 26.7 Å². The largest absolute Gasteiger partial charge is 0.493 e. The molecule has 7 nitrogen and oxygen atoms in total. The van der Waals surface area contributed by atoms with Crippen LogP contribution in [0.25, 0.3) is 11.1 Å². The molecule has 1 atom stereocenters. The van der Waals surface area contributed by atoms with E-state index in [1.54, 1.807) is 0 Å². The van der Waals surface area contributed by atoms with Gasteiger partial charge in [0.05, 0.1) is 30.4 Å². The Labute approximate surface area is 188 Å². The van der Waals surface area contributed by atoms with Crippen molar-refractivity contribution in [2.75, 3.05) is 34.4 Å². The summed E-state index contributed by atoms with van der Waals surface area (Å²) >= 11 is 6.40. The second-order valence-corrected chi connectivity index (χ2v) is 9.25. The number of alkyl halides is 3. The Bertz CT molecular complexity index is 1130. The van der Waals surface area contributed by atoms with Crippen molar-refractivity contribution in [3.63, 3.8) is 0 Å². The van der Waals surface area contributed by atoms with Crippen LogP contribution >= 0.6 is 11.6 Å². The highest BCUT2D eigenvalue weighted by Crippen LogP contribution is 2.49. The average molecular weight is 495 g/mol. The summed E-state index contributed by atoms with van der Waals surface area (Å²) in [5.74, 6) is -0.102. The molecule has 0 amide bonds. The number of sulfonamides is 1. The number of methoxy groups -OCH3 is 2. The first-order valence-corrected chi connectivity index (χ1v) is 11.3. The molecule has 32 heavy (non-hydrogen) atoms. The van der Waals surface area contributed by atoms with E-state index in [1.807, 2.05) is 11.9 Å². The molecule has 176 valence electrons. The highest BCUT2D eigenvalue weighted by atomic mass is 35.5. The molecule has 12 heteroatoms. The van der Waals surface area contributed by atoms with Crippen LogP contribution in [0.3, 0.4) is 0 Å². The lowest BCUT2D eigenvalue weighted by Crippen LogP contribution is -2.22. The van der Waals surface area contributed by atoms with Crippen molar-refractivity contribution >= 4 is 21.6 Å². The zero-order valence-corrected chi connectivity index (χ0v) is 19.1. The molecule has 1 saturated heterocycles. The van der Waals surface area contributed by atoms with Gasteiger partial charge in [-0.1, -0.05) is 11.6 Å². The molecule has 1 fully saturated rings. The number of ether oxygens (including phenoxy) is 3. The van der Waals surface area contributed by atoms with E-state index in [0.29, 0.717) is 13.0 Å². The van der Waals surface area contributed by atoms with Crippen molar-refractivity contribution in [1.82, 2.24) is 4.90 Å². The second kappa shape index (κ2) is 8.97. The van der Waals surface area contributed by atoms with Gasteiger partial charge in [-0.3, -0.25) is 0 Å². The molecule has 2 aromatic carbocycles. The van der Waals surface area contributed by atoms with E-state index in [4.69, 9.17) is 31.0 Å². The Morgan fingerprint density at radius 3 is 2.34 bits per heavy atom. The SMILES string of the molecule is COc1cc(S(N)(=O)=O)c(Cl)c(-c2ccc(C(F)(F)F)cc2O[C@@H]2CCN(C)C2)c1OC. The number of nitrogens with two attached hydrogens (primary N) is 1. The normalized spacial score (nSPS) is 17.4. The molecule has 1 aliphatic rings. The maximum absolute atomic E-state index is 13.4. The molecule has 0 bridgehead atoms. The van der Waals surface area contributed by atoms with E-state index >= 15 is 0 Å². The first kappa shape index (κ1) is 24.4. The molecule has 0 aromatic heterocycles. The Morgan fingerprint density at radius 2 is 1.84 bits per heavy atom. The van der Waals surface area contributed by atoms with Gasteiger partial charge in [-0.25, -0.2) is 13.6 Å². The van der Waals surface area contributed by atoms with Gasteiger partial charge in [0.25, 0.3) is 0 Å². The third kappa shape index (κ3) is 4.90. The van der Waals surface area contributed by atoms with Crippen LogP contribution in [0, 0.1) is 0 Å². The smallest absolute Gasteiger partial charge is 0.416 e. The van der Waals surface area contributed by atoms with Gasteiger partial charge < -0.3 is 19.1 Å². The number of rotatable bonds is 6. The minimum atomic E-state index is -4.61. The summed E-state index contributed by atoms with van der Waals surface area (Å²) in [5, 5.41) is 4.97. The van der Waals surface area contributed by atoms with Crippen molar-refractivity contribution in [1.29, 1.82) is 0 Å². The van der Waals surface area contributed by atoms with Crippen molar-refractivity contribution in [3.05, 3.63) is 34.9 Å². The Balaban J connectivity index is 2.30. The zero-order chi connectivity index (χ0) is 23.8. The maximum atomic E-state index is 13.4. The van der Waals surface area contributed by atoms with Crippen LogP contribution in [0.5, 0.6) is 17.2 Å². The third-order valence-corrected chi connectivity index (χ3v) is 6.54. The minimum Gasteiger partial charge on any atom is -0.493 e. The van der Waals surface area contributed by atoms with Gasteiger partial charge >= 0.3 is 6.18 Å². The van der Waals surface area contributed by atoms with Gasteiger partial charge in [0, 0.05) is 24.7 Å². The number of halogens is 4. The lowest BCUT2D eigenvalue weighted by molar-refractivity contribution is -0.137. The van der Waals surface area contributed by atoms with Crippen molar-refractivity contribution in [2.24, 2.45) is 5.14 Å². The standard InChI is InChI=1S/C20H22ClF3N2O5S/c1-26-7-6-12(10-26)31-14-8-11(20(22,23)24)4-5-13(14)17-18(21)16(32(25,27)28)9-15(29-2)19(17)30-3/h4-5,8-9,12H,6-7,10H2,1-3H3,(H2,25,27,28)/t12-/m1/s1. The quantitative estimate of drug-likeness (QED) is 0.657. The summed E-state index contributed by atoms with van der Waals surface area (Å²) in [7, 11) is 0.157. The fourth-order valence-electron chi connectivity index (χ4n) is 3.57. The summed E-state index contributed by atoms with van der Waals surface area (Å²) in [5.41, 5.74) is -0.821. The molecule has 0 aliphatic carbocycles. The highest BCUT2D eigenvalue weighted by Gasteiger charge is 2.34. The predicted molar refractivity (Wildman–Crippen MR) is 113 cm³/mol. The zero-order valence-electron chi connectivity index (χ0n) is 17.5. The summed E-state index contributed by atoms with van der Waals surface area (Å²) in [6.07, 6.45) is -4.37. The van der Waals surface area contributed by atoms with E-state index in [9.17, 15) is 21.6 Å². The molecule has 2 aromatic rings. The van der Waals surface area contributed by atoms with Crippen LogP contribution in [0.15, 0.2) is 29.2 Å². The average Bonchev–Trinajstić information content (AvgIpc) is 3.10. The molecule has 1 heterocycles. The summed E-state index contributed by atoms with van der Waals surface area (Å²) < 4.78 is 81.0. The minimum absolute atomic E-state index is 0.00684. The van der Waals surface area contributed by atoms with Gasteiger partial charge in [0.2, 0.25) is 10.0 Å². The van der Waals surface area contributed by atoms with Crippen molar-refractivity contribution in [3.8, 4) is 28.4 Å². The maximum Gasteiger partial charge on any atom is 0.416 e. The van der Waals surface area contributed by atoms with E-state index in [2.05, 4.69) is 0 Å². The number of likely N-dealkylation sites (N-methyl/N-ethyl adjacent to an activating group) is 1. The molecule has 1 aliphatic heterocycles. The molecule has 3 rings (SSSR count). The number of primary sulfonamides is 1. The summed E-state index contributed by atoms with van der Waals surface area (Å²) in [4.78, 5) is 1.52. The van der Waals surface area contributed by atoms with Crippen LogP contribution < -0.4 is 19.3 Å². The molecule has 0 saturated carbocycles. The number of hydrogen-bond acceptors (Lipinski definition) is 6. The highest BCUT2D eigenvalue weighted by molar-refractivity contribution is 7.89.